The normalized spacial score (nSPS) is 10.4. The Labute approximate surface area is 97.4 Å². The number of para-hydroxylation sites is 1. The number of hydrogen-bond acceptors (Lipinski definition) is 5. The highest BCUT2D eigenvalue weighted by molar-refractivity contribution is 5.71. The van der Waals surface area contributed by atoms with Gasteiger partial charge in [-0.05, 0) is 13.1 Å². The van der Waals surface area contributed by atoms with Gasteiger partial charge in [0.1, 0.15) is 0 Å². The number of nitrogens with one attached hydrogen (secondary N) is 1. The summed E-state index contributed by atoms with van der Waals surface area (Å²) in [6.45, 7) is 0.547. The molecule has 0 radical (unpaired) electrons. The molecule has 0 amide bonds. The molecule has 0 fully saturated rings. The number of benzene rings is 1. The number of rotatable bonds is 4. The van der Waals surface area contributed by atoms with E-state index in [9.17, 15) is 10.1 Å². The van der Waals surface area contributed by atoms with E-state index in [1.807, 2.05) is 0 Å². The van der Waals surface area contributed by atoms with Crippen LogP contribution in [0.15, 0.2) is 35.0 Å². The summed E-state index contributed by atoms with van der Waals surface area (Å²) in [5.74, 6) is 0.437. The van der Waals surface area contributed by atoms with Crippen molar-refractivity contribution in [2.45, 2.75) is 6.54 Å². The molecule has 0 saturated heterocycles. The SMILES string of the molecule is CNCc1cnoc1-c1ccccc1[N+](=O)[O-]. The molecule has 2 aromatic rings. The third-order valence-electron chi connectivity index (χ3n) is 2.36. The van der Waals surface area contributed by atoms with E-state index in [1.165, 1.54) is 6.07 Å². The van der Waals surface area contributed by atoms with Crippen LogP contribution in [0.2, 0.25) is 0 Å². The average Bonchev–Trinajstić information content (AvgIpc) is 2.77. The van der Waals surface area contributed by atoms with E-state index in [4.69, 9.17) is 4.52 Å². The lowest BCUT2D eigenvalue weighted by atomic mass is 10.1. The maximum absolute atomic E-state index is 10.9. The molecule has 1 N–H and O–H groups in total. The van der Waals surface area contributed by atoms with Gasteiger partial charge in [0.15, 0.2) is 5.76 Å². The summed E-state index contributed by atoms with van der Waals surface area (Å²) >= 11 is 0. The smallest absolute Gasteiger partial charge is 0.280 e. The van der Waals surface area contributed by atoms with Crippen molar-refractivity contribution < 1.29 is 9.45 Å². The molecule has 1 heterocycles. The quantitative estimate of drug-likeness (QED) is 0.645. The molecule has 0 bridgehead atoms. The van der Waals surface area contributed by atoms with Gasteiger partial charge in [-0.15, -0.1) is 0 Å². The highest BCUT2D eigenvalue weighted by atomic mass is 16.6. The van der Waals surface area contributed by atoms with E-state index in [0.717, 1.165) is 5.56 Å². The number of nitro groups is 1. The Morgan fingerprint density at radius 1 is 1.47 bits per heavy atom. The van der Waals surface area contributed by atoms with Crippen molar-refractivity contribution in [3.8, 4) is 11.3 Å². The van der Waals surface area contributed by atoms with Crippen LogP contribution in [0.25, 0.3) is 11.3 Å². The molecule has 0 aliphatic carbocycles. The summed E-state index contributed by atoms with van der Waals surface area (Å²) in [5, 5.41) is 17.6. The van der Waals surface area contributed by atoms with Gasteiger partial charge in [0, 0.05) is 18.2 Å². The van der Waals surface area contributed by atoms with Crippen molar-refractivity contribution in [3.05, 3.63) is 46.1 Å². The zero-order valence-electron chi connectivity index (χ0n) is 9.21. The summed E-state index contributed by atoms with van der Waals surface area (Å²) in [6, 6.07) is 6.45. The molecule has 88 valence electrons. The molecule has 0 aliphatic rings. The summed E-state index contributed by atoms with van der Waals surface area (Å²) in [5.41, 5.74) is 1.25. The summed E-state index contributed by atoms with van der Waals surface area (Å²) < 4.78 is 5.10. The van der Waals surface area contributed by atoms with Crippen LogP contribution in [0.3, 0.4) is 0 Å². The van der Waals surface area contributed by atoms with Crippen LogP contribution in [0.1, 0.15) is 5.56 Å². The molecule has 0 spiro atoms. The molecule has 17 heavy (non-hydrogen) atoms. The fraction of sp³-hybridized carbons (Fsp3) is 0.182. The van der Waals surface area contributed by atoms with Gasteiger partial charge in [-0.1, -0.05) is 17.3 Å². The maximum Gasteiger partial charge on any atom is 0.280 e. The van der Waals surface area contributed by atoms with Gasteiger partial charge < -0.3 is 9.84 Å². The fourth-order valence-corrected chi connectivity index (χ4v) is 1.62. The summed E-state index contributed by atoms with van der Waals surface area (Å²) in [6.07, 6.45) is 1.56. The van der Waals surface area contributed by atoms with Gasteiger partial charge in [-0.3, -0.25) is 10.1 Å². The van der Waals surface area contributed by atoms with Crippen LogP contribution >= 0.6 is 0 Å². The Morgan fingerprint density at radius 3 is 2.94 bits per heavy atom. The predicted molar refractivity (Wildman–Crippen MR) is 61.4 cm³/mol. The lowest BCUT2D eigenvalue weighted by Gasteiger charge is -2.01. The van der Waals surface area contributed by atoms with Crippen molar-refractivity contribution in [3.63, 3.8) is 0 Å². The van der Waals surface area contributed by atoms with Crippen LogP contribution in [0.4, 0.5) is 5.69 Å². The van der Waals surface area contributed by atoms with Gasteiger partial charge in [-0.2, -0.15) is 0 Å². The highest BCUT2D eigenvalue weighted by Gasteiger charge is 2.20. The lowest BCUT2D eigenvalue weighted by molar-refractivity contribution is -0.384. The summed E-state index contributed by atoms with van der Waals surface area (Å²) in [4.78, 5) is 10.5. The van der Waals surface area contributed by atoms with Crippen molar-refractivity contribution in [1.82, 2.24) is 10.5 Å². The first-order valence-corrected chi connectivity index (χ1v) is 5.06. The molecule has 2 rings (SSSR count). The second kappa shape index (κ2) is 4.75. The van der Waals surface area contributed by atoms with Gasteiger partial charge in [-0.25, -0.2) is 0 Å². The van der Waals surface area contributed by atoms with Crippen molar-refractivity contribution in [2.24, 2.45) is 0 Å². The molecular weight excluding hydrogens is 222 g/mol. The average molecular weight is 233 g/mol. The Bertz CT molecular complexity index is 536. The number of nitro benzene ring substituents is 1. The van der Waals surface area contributed by atoms with Crippen LogP contribution in [-0.2, 0) is 6.54 Å². The molecule has 6 nitrogen and oxygen atoms in total. The van der Waals surface area contributed by atoms with Crippen LogP contribution < -0.4 is 5.32 Å². The first-order valence-electron chi connectivity index (χ1n) is 5.06. The molecule has 0 atom stereocenters. The van der Waals surface area contributed by atoms with Gasteiger partial charge >= 0.3 is 0 Å². The maximum atomic E-state index is 10.9. The molecule has 1 aromatic carbocycles. The highest BCUT2D eigenvalue weighted by Crippen LogP contribution is 2.31. The molecule has 6 heteroatoms. The van der Waals surface area contributed by atoms with Crippen molar-refractivity contribution >= 4 is 5.69 Å². The minimum atomic E-state index is -0.430. The molecule has 0 unspecified atom stereocenters. The van der Waals surface area contributed by atoms with E-state index in [2.05, 4.69) is 10.5 Å². The minimum absolute atomic E-state index is 0.0154. The molecule has 0 aliphatic heterocycles. The number of nitrogens with zero attached hydrogens (tertiary/aromatic N) is 2. The first kappa shape index (κ1) is 11.3. The third kappa shape index (κ3) is 2.16. The molecular formula is C11H11N3O3. The molecule has 0 saturated carbocycles. The monoisotopic (exact) mass is 233 g/mol. The third-order valence-corrected chi connectivity index (χ3v) is 2.36. The van der Waals surface area contributed by atoms with Crippen LogP contribution in [-0.4, -0.2) is 17.1 Å². The van der Waals surface area contributed by atoms with Gasteiger partial charge in [0.05, 0.1) is 16.7 Å². The second-order valence-corrected chi connectivity index (χ2v) is 3.48. The van der Waals surface area contributed by atoms with E-state index in [-0.39, 0.29) is 5.69 Å². The van der Waals surface area contributed by atoms with Crippen molar-refractivity contribution in [1.29, 1.82) is 0 Å². The first-order chi connectivity index (χ1) is 8.24. The van der Waals surface area contributed by atoms with E-state index >= 15 is 0 Å². The van der Waals surface area contributed by atoms with Crippen LogP contribution in [0.5, 0.6) is 0 Å². The number of aromatic nitrogens is 1. The Morgan fingerprint density at radius 2 is 2.24 bits per heavy atom. The zero-order valence-corrected chi connectivity index (χ0v) is 9.21. The van der Waals surface area contributed by atoms with Crippen molar-refractivity contribution in [2.75, 3.05) is 7.05 Å². The predicted octanol–water partition coefficient (Wildman–Crippen LogP) is 1.97. The Hall–Kier alpha value is -2.21. The second-order valence-electron chi connectivity index (χ2n) is 3.48. The lowest BCUT2D eigenvalue weighted by Crippen LogP contribution is -2.05. The number of hydrogen-bond donors (Lipinski definition) is 1. The Balaban J connectivity index is 2.52. The summed E-state index contributed by atoms with van der Waals surface area (Å²) in [7, 11) is 1.79. The largest absolute Gasteiger partial charge is 0.356 e. The van der Waals surface area contributed by atoms with E-state index in [1.54, 1.807) is 31.4 Å². The Kier molecular flexibility index (Phi) is 3.15. The standard InChI is InChI=1S/C11H11N3O3/c1-12-6-8-7-13-17-11(8)9-4-2-3-5-10(9)14(15)16/h2-5,7,12H,6H2,1H3. The van der Waals surface area contributed by atoms with E-state index < -0.39 is 4.92 Å². The van der Waals surface area contributed by atoms with E-state index in [0.29, 0.717) is 17.9 Å². The van der Waals surface area contributed by atoms with Gasteiger partial charge in [0.25, 0.3) is 5.69 Å². The van der Waals surface area contributed by atoms with Crippen LogP contribution in [0, 0.1) is 10.1 Å². The fourth-order valence-electron chi connectivity index (χ4n) is 1.62. The van der Waals surface area contributed by atoms with Gasteiger partial charge in [0.2, 0.25) is 0 Å². The topological polar surface area (TPSA) is 81.2 Å². The minimum Gasteiger partial charge on any atom is -0.356 e. The zero-order chi connectivity index (χ0) is 12.3. The molecule has 1 aromatic heterocycles.